The van der Waals surface area contributed by atoms with Crippen molar-refractivity contribution in [2.75, 3.05) is 24.5 Å². The first-order valence-corrected chi connectivity index (χ1v) is 8.57. The van der Waals surface area contributed by atoms with Crippen molar-refractivity contribution >= 4 is 22.5 Å². The number of carbonyl (C=O) groups is 1. The van der Waals surface area contributed by atoms with E-state index in [4.69, 9.17) is 5.73 Å². The molecule has 1 amide bonds. The molecule has 0 radical (unpaired) electrons. The third kappa shape index (κ3) is 2.20. The molecular weight excluding hydrogens is 307 g/mol. The van der Waals surface area contributed by atoms with E-state index in [0.29, 0.717) is 23.2 Å². The van der Waals surface area contributed by atoms with Crippen molar-refractivity contribution in [3.63, 3.8) is 0 Å². The fraction of sp³-hybridized carbons (Fsp3) is 0.500. The number of nitrogens with zero attached hydrogens (tertiary/aromatic N) is 1. The molecule has 4 rings (SSSR count). The van der Waals surface area contributed by atoms with Crippen molar-refractivity contribution < 1.29 is 9.18 Å². The van der Waals surface area contributed by atoms with Crippen molar-refractivity contribution in [3.8, 4) is 0 Å². The van der Waals surface area contributed by atoms with Gasteiger partial charge in [-0.1, -0.05) is 0 Å². The maximum absolute atomic E-state index is 15.0. The number of fused-ring (bicyclic) bond motifs is 2. The first-order chi connectivity index (χ1) is 11.5. The lowest BCUT2D eigenvalue weighted by Crippen LogP contribution is -2.40. The molecule has 2 aliphatic heterocycles. The number of aryl methyl sites for hydroxylation is 2. The van der Waals surface area contributed by atoms with Gasteiger partial charge in [-0.3, -0.25) is 4.79 Å². The first kappa shape index (κ1) is 15.4. The summed E-state index contributed by atoms with van der Waals surface area (Å²) in [6.07, 6.45) is 2.36. The van der Waals surface area contributed by atoms with Gasteiger partial charge in [0.1, 0.15) is 5.82 Å². The summed E-state index contributed by atoms with van der Waals surface area (Å²) in [7, 11) is 0. The maximum atomic E-state index is 15.0. The summed E-state index contributed by atoms with van der Waals surface area (Å²) in [5, 5.41) is 4.34. The fourth-order valence-electron chi connectivity index (χ4n) is 4.34. The molecule has 2 fully saturated rings. The number of benzene rings is 1. The quantitative estimate of drug-likeness (QED) is 0.790. The van der Waals surface area contributed by atoms with Crippen LogP contribution in [0, 0.1) is 25.6 Å². The number of hydrogen-bond donors (Lipinski definition) is 3. The maximum Gasteiger partial charge on any atom is 0.250 e. The minimum atomic E-state index is -0.608. The molecule has 4 N–H and O–H groups in total. The number of aromatic nitrogens is 1. The van der Waals surface area contributed by atoms with Crippen molar-refractivity contribution in [1.29, 1.82) is 0 Å². The average Bonchev–Trinajstić information content (AvgIpc) is 3.09. The number of nitrogens with two attached hydrogens (primary N) is 1. The number of rotatable bonds is 2. The summed E-state index contributed by atoms with van der Waals surface area (Å²) < 4.78 is 15.0. The van der Waals surface area contributed by atoms with E-state index >= 15 is 0 Å². The number of amides is 1. The highest BCUT2D eigenvalue weighted by Crippen LogP contribution is 2.39. The van der Waals surface area contributed by atoms with Crippen LogP contribution >= 0.6 is 0 Å². The lowest BCUT2D eigenvalue weighted by Gasteiger charge is -2.24. The van der Waals surface area contributed by atoms with E-state index in [1.165, 1.54) is 18.9 Å². The summed E-state index contributed by atoms with van der Waals surface area (Å²) in [6, 6.07) is 1.70. The molecule has 0 spiro atoms. The molecule has 2 aliphatic rings. The summed E-state index contributed by atoms with van der Waals surface area (Å²) in [4.78, 5) is 17.1. The number of carbonyl (C=O) groups excluding carboxylic acids is 1. The fourth-order valence-corrected chi connectivity index (χ4v) is 4.34. The van der Waals surface area contributed by atoms with E-state index in [1.807, 2.05) is 13.8 Å². The normalized spacial score (nSPS) is 23.7. The molecule has 1 aromatic carbocycles. The van der Waals surface area contributed by atoms with Crippen LogP contribution in [0.4, 0.5) is 10.1 Å². The lowest BCUT2D eigenvalue weighted by atomic mass is 9.94. The van der Waals surface area contributed by atoms with Gasteiger partial charge in [-0.15, -0.1) is 0 Å². The summed E-state index contributed by atoms with van der Waals surface area (Å²) in [6.45, 7) is 6.59. The van der Waals surface area contributed by atoms with Gasteiger partial charge in [0.2, 0.25) is 0 Å². The number of aromatic amines is 1. The SMILES string of the molecule is Cc1[nH]c2c(C(N)=O)cc(F)c(N3C[C@H]4CCCN[C@H]4C3)c2c1C. The largest absolute Gasteiger partial charge is 0.367 e. The number of hydrogen-bond acceptors (Lipinski definition) is 3. The Labute approximate surface area is 140 Å². The van der Waals surface area contributed by atoms with Crippen LogP contribution in [0.3, 0.4) is 0 Å². The number of H-pyrrole nitrogens is 1. The Morgan fingerprint density at radius 1 is 1.38 bits per heavy atom. The first-order valence-electron chi connectivity index (χ1n) is 8.57. The molecule has 0 bridgehead atoms. The zero-order valence-electron chi connectivity index (χ0n) is 14.1. The molecule has 2 aromatic rings. The van der Waals surface area contributed by atoms with E-state index in [0.717, 1.165) is 36.3 Å². The summed E-state index contributed by atoms with van der Waals surface area (Å²) in [5.41, 5.74) is 8.85. The van der Waals surface area contributed by atoms with Gasteiger partial charge in [0.05, 0.1) is 16.8 Å². The Bertz CT molecular complexity index is 814. The third-order valence-electron chi connectivity index (χ3n) is 5.68. The highest BCUT2D eigenvalue weighted by atomic mass is 19.1. The molecule has 2 saturated heterocycles. The smallest absolute Gasteiger partial charge is 0.250 e. The molecule has 0 unspecified atom stereocenters. The van der Waals surface area contributed by atoms with Crippen LogP contribution in [-0.4, -0.2) is 36.6 Å². The van der Waals surface area contributed by atoms with Gasteiger partial charge in [0, 0.05) is 30.2 Å². The third-order valence-corrected chi connectivity index (χ3v) is 5.68. The lowest BCUT2D eigenvalue weighted by molar-refractivity contribution is 0.100. The molecule has 24 heavy (non-hydrogen) atoms. The second kappa shape index (κ2) is 5.48. The van der Waals surface area contributed by atoms with E-state index in [-0.39, 0.29) is 11.4 Å². The van der Waals surface area contributed by atoms with Crippen molar-refractivity contribution in [2.45, 2.75) is 32.7 Å². The Morgan fingerprint density at radius 2 is 2.17 bits per heavy atom. The monoisotopic (exact) mass is 330 g/mol. The van der Waals surface area contributed by atoms with E-state index in [2.05, 4.69) is 15.2 Å². The highest BCUT2D eigenvalue weighted by molar-refractivity contribution is 6.10. The Kier molecular flexibility index (Phi) is 3.53. The van der Waals surface area contributed by atoms with E-state index in [1.54, 1.807) is 0 Å². The van der Waals surface area contributed by atoms with Gasteiger partial charge in [0.15, 0.2) is 0 Å². The van der Waals surface area contributed by atoms with Gasteiger partial charge in [-0.05, 0) is 50.8 Å². The van der Waals surface area contributed by atoms with Crippen LogP contribution in [-0.2, 0) is 0 Å². The summed E-state index contributed by atoms with van der Waals surface area (Å²) in [5.74, 6) is -0.412. The Hall–Kier alpha value is -2.08. The molecule has 0 saturated carbocycles. The molecule has 1 aromatic heterocycles. The minimum Gasteiger partial charge on any atom is -0.367 e. The van der Waals surface area contributed by atoms with Gasteiger partial charge >= 0.3 is 0 Å². The molecule has 0 aliphatic carbocycles. The van der Waals surface area contributed by atoms with E-state index in [9.17, 15) is 9.18 Å². The van der Waals surface area contributed by atoms with E-state index < -0.39 is 5.91 Å². The number of halogens is 1. The zero-order chi connectivity index (χ0) is 17.0. The molecule has 128 valence electrons. The van der Waals surface area contributed by atoms with Gasteiger partial charge in [-0.25, -0.2) is 4.39 Å². The van der Waals surface area contributed by atoms with Crippen molar-refractivity contribution in [3.05, 3.63) is 28.7 Å². The van der Waals surface area contributed by atoms with Gasteiger partial charge in [0.25, 0.3) is 5.91 Å². The second-order valence-corrected chi connectivity index (χ2v) is 7.11. The average molecular weight is 330 g/mol. The summed E-state index contributed by atoms with van der Waals surface area (Å²) >= 11 is 0. The minimum absolute atomic E-state index is 0.220. The van der Waals surface area contributed by atoms with Crippen LogP contribution in [0.15, 0.2) is 6.07 Å². The Morgan fingerprint density at radius 3 is 2.88 bits per heavy atom. The zero-order valence-corrected chi connectivity index (χ0v) is 14.1. The number of primary amides is 1. The molecule has 5 nitrogen and oxygen atoms in total. The number of anilines is 1. The highest BCUT2D eigenvalue weighted by Gasteiger charge is 2.36. The predicted molar refractivity (Wildman–Crippen MR) is 93.0 cm³/mol. The topological polar surface area (TPSA) is 74.2 Å². The molecule has 6 heteroatoms. The molecule has 3 heterocycles. The van der Waals surface area contributed by atoms with Crippen molar-refractivity contribution in [1.82, 2.24) is 10.3 Å². The Balaban J connectivity index is 1.88. The van der Waals surface area contributed by atoms with Crippen LogP contribution in [0.5, 0.6) is 0 Å². The van der Waals surface area contributed by atoms with Crippen LogP contribution in [0.25, 0.3) is 10.9 Å². The predicted octanol–water partition coefficient (Wildman–Crippen LogP) is 2.21. The van der Waals surface area contributed by atoms with Crippen LogP contribution < -0.4 is 16.0 Å². The molecular formula is C18H23FN4O. The van der Waals surface area contributed by atoms with Crippen LogP contribution in [0.2, 0.25) is 0 Å². The van der Waals surface area contributed by atoms with Gasteiger partial charge in [-0.2, -0.15) is 0 Å². The molecule has 2 atom stereocenters. The second-order valence-electron chi connectivity index (χ2n) is 7.11. The number of piperidine rings is 1. The van der Waals surface area contributed by atoms with Gasteiger partial charge < -0.3 is 20.9 Å². The standard InChI is InChI=1S/C18H23FN4O/c1-9-10(2)22-16-12(18(20)24)6-13(19)17(15(9)16)23-7-11-4-3-5-21-14(11)8-23/h6,11,14,21-22H,3-5,7-8H2,1-2H3,(H2,20,24)/t11-,14+/m1/s1. The van der Waals surface area contributed by atoms with Crippen molar-refractivity contribution in [2.24, 2.45) is 11.7 Å². The van der Waals surface area contributed by atoms with Crippen LogP contribution in [0.1, 0.15) is 34.5 Å². The number of nitrogens with one attached hydrogen (secondary N) is 2.